The van der Waals surface area contributed by atoms with Gasteiger partial charge in [-0.2, -0.15) is 0 Å². The van der Waals surface area contributed by atoms with Gasteiger partial charge in [-0.3, -0.25) is 15.1 Å². The molecule has 0 radical (unpaired) electrons. The molecule has 0 spiro atoms. The van der Waals surface area contributed by atoms with Gasteiger partial charge in [0.05, 0.1) is 17.0 Å². The van der Waals surface area contributed by atoms with Crippen molar-refractivity contribution >= 4 is 22.6 Å². The monoisotopic (exact) mass is 287 g/mol. The second-order valence-corrected chi connectivity index (χ2v) is 5.69. The molecule has 0 saturated carbocycles. The first-order valence-electron chi connectivity index (χ1n) is 5.51. The Bertz CT molecular complexity index is 565. The average molecular weight is 287 g/mol. The normalized spacial score (nSPS) is 23.0. The molecule has 1 aromatic carbocycles. The summed E-state index contributed by atoms with van der Waals surface area (Å²) in [6, 6.07) is 0.890. The third-order valence-electron chi connectivity index (χ3n) is 2.77. The van der Waals surface area contributed by atoms with Crippen LogP contribution in [0.1, 0.15) is 24.9 Å². The first-order chi connectivity index (χ1) is 8.88. The zero-order valence-electron chi connectivity index (χ0n) is 9.97. The maximum atomic E-state index is 13.8. The van der Waals surface area contributed by atoms with Crippen molar-refractivity contribution < 1.29 is 13.7 Å². The summed E-state index contributed by atoms with van der Waals surface area (Å²) in [5, 5.41) is 11.0. The van der Waals surface area contributed by atoms with Gasteiger partial charge in [0.15, 0.2) is 16.8 Å². The van der Waals surface area contributed by atoms with E-state index in [-0.39, 0.29) is 16.0 Å². The number of non-ortho nitro benzene ring substituents is 1. The second kappa shape index (κ2) is 5.12. The van der Waals surface area contributed by atoms with Crippen LogP contribution in [-0.4, -0.2) is 15.3 Å². The Labute approximate surface area is 112 Å². The van der Waals surface area contributed by atoms with E-state index in [0.717, 1.165) is 6.07 Å². The van der Waals surface area contributed by atoms with Gasteiger partial charge in [-0.05, 0) is 6.42 Å². The summed E-state index contributed by atoms with van der Waals surface area (Å²) in [5.41, 5.74) is 4.99. The first kappa shape index (κ1) is 13.7. The van der Waals surface area contributed by atoms with Crippen LogP contribution in [0.15, 0.2) is 17.1 Å². The van der Waals surface area contributed by atoms with E-state index in [9.17, 15) is 18.9 Å². The number of nitro groups is 1. The van der Waals surface area contributed by atoms with Gasteiger partial charge in [-0.15, -0.1) is 0 Å². The van der Waals surface area contributed by atoms with Gasteiger partial charge >= 0.3 is 0 Å². The number of amidine groups is 1. The minimum Gasteiger partial charge on any atom is -0.379 e. The van der Waals surface area contributed by atoms with Crippen LogP contribution in [-0.2, 0) is 0 Å². The Kier molecular flexibility index (Phi) is 3.70. The maximum Gasteiger partial charge on any atom is 0.272 e. The van der Waals surface area contributed by atoms with E-state index in [1.807, 2.05) is 6.92 Å². The summed E-state index contributed by atoms with van der Waals surface area (Å²) in [7, 11) is 0. The molecule has 1 aliphatic rings. The summed E-state index contributed by atoms with van der Waals surface area (Å²) < 4.78 is 27.2. The quantitative estimate of drug-likeness (QED) is 0.669. The van der Waals surface area contributed by atoms with E-state index >= 15 is 0 Å². The molecular formula is C11H11F2N3O2S. The smallest absolute Gasteiger partial charge is 0.272 e. The highest BCUT2D eigenvalue weighted by atomic mass is 32.2. The third-order valence-corrected chi connectivity index (χ3v) is 3.71. The highest BCUT2D eigenvalue weighted by molar-refractivity contribution is 8.14. The van der Waals surface area contributed by atoms with Crippen LogP contribution >= 0.6 is 11.8 Å². The molecule has 0 bridgehead atoms. The van der Waals surface area contributed by atoms with Crippen molar-refractivity contribution in [3.8, 4) is 0 Å². The van der Waals surface area contributed by atoms with Crippen LogP contribution in [0.25, 0.3) is 0 Å². The molecule has 1 aromatic rings. The Morgan fingerprint density at radius 2 is 2.21 bits per heavy atom. The predicted octanol–water partition coefficient (Wildman–Crippen LogP) is 2.75. The number of nitro benzene ring substituents is 1. The lowest BCUT2D eigenvalue weighted by atomic mass is 10.0. The Balaban J connectivity index is 2.49. The van der Waals surface area contributed by atoms with E-state index in [2.05, 4.69) is 4.99 Å². The van der Waals surface area contributed by atoms with Crippen LogP contribution in [0.2, 0.25) is 0 Å². The van der Waals surface area contributed by atoms with Gasteiger partial charge in [0.1, 0.15) is 0 Å². The van der Waals surface area contributed by atoms with Gasteiger partial charge < -0.3 is 5.73 Å². The second-order valence-electron chi connectivity index (χ2n) is 4.24. The molecule has 8 heteroatoms. The first-order valence-corrected chi connectivity index (χ1v) is 6.39. The minimum absolute atomic E-state index is 0.0872. The minimum atomic E-state index is -1.25. The number of benzene rings is 1. The van der Waals surface area contributed by atoms with Crippen LogP contribution in [0, 0.1) is 21.7 Å². The van der Waals surface area contributed by atoms with E-state index < -0.39 is 28.3 Å². The molecule has 0 fully saturated rings. The lowest BCUT2D eigenvalue weighted by molar-refractivity contribution is -0.385. The Hall–Kier alpha value is -1.70. The molecule has 2 atom stereocenters. The molecule has 2 unspecified atom stereocenters. The number of nitrogens with two attached hydrogens (primary N) is 1. The number of thioether (sulfide) groups is 1. The molecule has 19 heavy (non-hydrogen) atoms. The Morgan fingerprint density at radius 3 is 2.79 bits per heavy atom. The largest absolute Gasteiger partial charge is 0.379 e. The molecule has 0 amide bonds. The molecule has 0 aromatic heterocycles. The van der Waals surface area contributed by atoms with Gasteiger partial charge in [-0.25, -0.2) is 8.78 Å². The standard InChI is InChI=1S/C11H11F2N3O2S/c1-5-2-9(15-11(14)19-5)7-3-6(16(17)18)4-8(12)10(7)13/h3-5,9H,2H2,1H3,(H2,14,15). The van der Waals surface area contributed by atoms with Crippen LogP contribution in [0.3, 0.4) is 0 Å². The zero-order valence-corrected chi connectivity index (χ0v) is 10.8. The number of rotatable bonds is 2. The Morgan fingerprint density at radius 1 is 1.53 bits per heavy atom. The number of hydrogen-bond acceptors (Lipinski definition) is 5. The third kappa shape index (κ3) is 2.83. The fourth-order valence-corrected chi connectivity index (χ4v) is 2.82. The van der Waals surface area contributed by atoms with Crippen molar-refractivity contribution in [3.63, 3.8) is 0 Å². The predicted molar refractivity (Wildman–Crippen MR) is 69.0 cm³/mol. The molecule has 2 rings (SSSR count). The van der Waals surface area contributed by atoms with Crippen LogP contribution < -0.4 is 5.73 Å². The fraction of sp³-hybridized carbons (Fsp3) is 0.364. The summed E-state index contributed by atoms with van der Waals surface area (Å²) >= 11 is 1.34. The van der Waals surface area contributed by atoms with Crippen molar-refractivity contribution in [2.45, 2.75) is 24.6 Å². The molecule has 0 saturated heterocycles. The highest BCUT2D eigenvalue weighted by Gasteiger charge is 2.27. The van der Waals surface area contributed by atoms with Crippen molar-refractivity contribution in [2.24, 2.45) is 10.7 Å². The van der Waals surface area contributed by atoms with E-state index in [0.29, 0.717) is 12.5 Å². The van der Waals surface area contributed by atoms with Crippen molar-refractivity contribution in [1.29, 1.82) is 0 Å². The van der Waals surface area contributed by atoms with Gasteiger partial charge in [0, 0.05) is 16.9 Å². The topological polar surface area (TPSA) is 81.5 Å². The van der Waals surface area contributed by atoms with E-state index in [1.54, 1.807) is 0 Å². The zero-order chi connectivity index (χ0) is 14.2. The van der Waals surface area contributed by atoms with E-state index in [1.165, 1.54) is 11.8 Å². The summed E-state index contributed by atoms with van der Waals surface area (Å²) in [6.45, 7) is 1.88. The summed E-state index contributed by atoms with van der Waals surface area (Å²) in [5.74, 6) is -2.35. The van der Waals surface area contributed by atoms with Crippen molar-refractivity contribution in [2.75, 3.05) is 0 Å². The summed E-state index contributed by atoms with van der Waals surface area (Å²) in [6.07, 6.45) is 0.447. The summed E-state index contributed by atoms with van der Waals surface area (Å²) in [4.78, 5) is 13.9. The number of halogens is 2. The van der Waals surface area contributed by atoms with Crippen molar-refractivity contribution in [1.82, 2.24) is 0 Å². The molecule has 102 valence electrons. The van der Waals surface area contributed by atoms with Crippen LogP contribution in [0.4, 0.5) is 14.5 Å². The van der Waals surface area contributed by atoms with Crippen LogP contribution in [0.5, 0.6) is 0 Å². The molecule has 0 aliphatic carbocycles. The molecular weight excluding hydrogens is 276 g/mol. The number of nitrogens with zero attached hydrogens (tertiary/aromatic N) is 2. The van der Waals surface area contributed by atoms with E-state index in [4.69, 9.17) is 5.73 Å². The molecule has 1 aliphatic heterocycles. The maximum absolute atomic E-state index is 13.8. The van der Waals surface area contributed by atoms with Gasteiger partial charge in [0.2, 0.25) is 0 Å². The lowest BCUT2D eigenvalue weighted by Gasteiger charge is -2.23. The van der Waals surface area contributed by atoms with Crippen molar-refractivity contribution in [3.05, 3.63) is 39.4 Å². The number of hydrogen-bond donors (Lipinski definition) is 1. The molecule has 2 N–H and O–H groups in total. The molecule has 5 nitrogen and oxygen atoms in total. The number of aliphatic imine (C=N–C) groups is 1. The lowest BCUT2D eigenvalue weighted by Crippen LogP contribution is -2.21. The van der Waals surface area contributed by atoms with Gasteiger partial charge in [0.25, 0.3) is 5.69 Å². The molecule has 1 heterocycles. The highest BCUT2D eigenvalue weighted by Crippen LogP contribution is 2.36. The van der Waals surface area contributed by atoms with Gasteiger partial charge in [-0.1, -0.05) is 18.7 Å². The average Bonchev–Trinajstić information content (AvgIpc) is 2.30. The SMILES string of the molecule is CC1CC(c2cc([N+](=O)[O-])cc(F)c2F)N=C(N)S1. The fourth-order valence-electron chi connectivity index (χ4n) is 1.95.